The number of hydrogen-bond acceptors (Lipinski definition) is 4. The van der Waals surface area contributed by atoms with Gasteiger partial charge in [-0.25, -0.2) is 4.98 Å². The Morgan fingerprint density at radius 1 is 1.43 bits per heavy atom. The Hall–Kier alpha value is -2.35. The summed E-state index contributed by atoms with van der Waals surface area (Å²) >= 11 is 0. The minimum Gasteiger partial charge on any atom is -0.382 e. The summed E-state index contributed by atoms with van der Waals surface area (Å²) < 4.78 is 1.43. The molecule has 0 unspecified atom stereocenters. The Balaban J connectivity index is 2.54. The van der Waals surface area contributed by atoms with E-state index < -0.39 is 0 Å². The molecule has 5 nitrogen and oxygen atoms in total. The summed E-state index contributed by atoms with van der Waals surface area (Å²) in [7, 11) is 0. The highest BCUT2D eigenvalue weighted by atomic mass is 15.3. The van der Waals surface area contributed by atoms with Crippen LogP contribution >= 0.6 is 0 Å². The molecular weight excluding hydrogens is 178 g/mol. The lowest BCUT2D eigenvalue weighted by molar-refractivity contribution is 0.857. The van der Waals surface area contributed by atoms with Crippen molar-refractivity contribution in [3.63, 3.8) is 0 Å². The smallest absolute Gasteiger partial charge is 0.155 e. The lowest BCUT2D eigenvalue weighted by Crippen LogP contribution is -2.03. The van der Waals surface area contributed by atoms with E-state index in [0.717, 1.165) is 0 Å². The van der Waals surface area contributed by atoms with Crippen molar-refractivity contribution in [3.8, 4) is 11.9 Å². The van der Waals surface area contributed by atoms with Gasteiger partial charge in [-0.2, -0.15) is 15.0 Å². The summed E-state index contributed by atoms with van der Waals surface area (Å²) in [5.41, 5.74) is 6.04. The van der Waals surface area contributed by atoms with E-state index in [4.69, 9.17) is 11.0 Å². The fourth-order valence-electron chi connectivity index (χ4n) is 1.11. The van der Waals surface area contributed by atoms with Crippen LogP contribution in [0.5, 0.6) is 0 Å². The van der Waals surface area contributed by atoms with Crippen molar-refractivity contribution in [2.24, 2.45) is 0 Å². The Labute approximate surface area is 80.4 Å². The Morgan fingerprint density at radius 3 is 2.86 bits per heavy atom. The minimum absolute atomic E-state index is 0.311. The number of nitrogens with zero attached hydrogens (tertiary/aromatic N) is 4. The first-order valence-corrected chi connectivity index (χ1v) is 3.98. The predicted octanol–water partition coefficient (Wildman–Crippen LogP) is 0.721. The second-order valence-electron chi connectivity index (χ2n) is 2.66. The molecule has 5 heteroatoms. The summed E-state index contributed by atoms with van der Waals surface area (Å²) in [5, 5.41) is 12.6. The number of nitriles is 1. The fourth-order valence-corrected chi connectivity index (χ4v) is 1.11. The molecule has 0 atom stereocenters. The minimum atomic E-state index is 0.311. The summed E-state index contributed by atoms with van der Waals surface area (Å²) in [6.45, 7) is 0. The van der Waals surface area contributed by atoms with Gasteiger partial charge >= 0.3 is 0 Å². The zero-order valence-electron chi connectivity index (χ0n) is 7.25. The van der Waals surface area contributed by atoms with Crippen LogP contribution in [0.4, 0.5) is 5.82 Å². The molecule has 0 bridgehead atoms. The summed E-state index contributed by atoms with van der Waals surface area (Å²) in [6, 6.07) is 7.35. The zero-order valence-corrected chi connectivity index (χ0v) is 7.25. The topological polar surface area (TPSA) is 80.5 Å². The van der Waals surface area contributed by atoms with Gasteiger partial charge in [0.05, 0.1) is 6.20 Å². The van der Waals surface area contributed by atoms with Gasteiger partial charge in [-0.3, -0.25) is 0 Å². The number of pyridine rings is 1. The molecule has 14 heavy (non-hydrogen) atoms. The van der Waals surface area contributed by atoms with Crippen LogP contribution in [-0.2, 0) is 0 Å². The average molecular weight is 185 g/mol. The molecule has 68 valence electrons. The van der Waals surface area contributed by atoms with Gasteiger partial charge in [-0.15, -0.1) is 0 Å². The molecule has 0 aliphatic rings. The largest absolute Gasteiger partial charge is 0.382 e. The molecule has 0 radical (unpaired) electrons. The van der Waals surface area contributed by atoms with Crippen LogP contribution < -0.4 is 5.73 Å². The molecule has 2 rings (SSSR count). The van der Waals surface area contributed by atoms with Crippen LogP contribution in [0.2, 0.25) is 0 Å². The molecule has 0 saturated heterocycles. The predicted molar refractivity (Wildman–Crippen MR) is 50.5 cm³/mol. The number of nitrogen functional groups attached to an aromatic ring is 1. The molecule has 0 spiro atoms. The highest BCUT2D eigenvalue weighted by Crippen LogP contribution is 2.13. The van der Waals surface area contributed by atoms with Gasteiger partial charge in [0.15, 0.2) is 5.82 Å². The summed E-state index contributed by atoms with van der Waals surface area (Å²) in [6.07, 6.45) is 3.06. The van der Waals surface area contributed by atoms with Gasteiger partial charge < -0.3 is 5.73 Å². The second kappa shape index (κ2) is 3.18. The summed E-state index contributed by atoms with van der Waals surface area (Å²) in [5.74, 6) is 0.915. The SMILES string of the molecule is N#Cc1cnn(-c2ccccn2)c1N. The molecule has 2 aromatic rings. The van der Waals surface area contributed by atoms with Crippen LogP contribution in [0.15, 0.2) is 30.6 Å². The van der Waals surface area contributed by atoms with Crippen LogP contribution in [-0.4, -0.2) is 14.8 Å². The second-order valence-corrected chi connectivity index (χ2v) is 2.66. The fraction of sp³-hybridized carbons (Fsp3) is 0. The number of rotatable bonds is 1. The van der Waals surface area contributed by atoms with E-state index in [0.29, 0.717) is 17.2 Å². The van der Waals surface area contributed by atoms with Crippen LogP contribution in [0.25, 0.3) is 5.82 Å². The van der Waals surface area contributed by atoms with Gasteiger partial charge in [-0.1, -0.05) is 6.07 Å². The molecule has 2 heterocycles. The van der Waals surface area contributed by atoms with Crippen LogP contribution in [0, 0.1) is 11.3 Å². The van der Waals surface area contributed by atoms with Gasteiger partial charge in [0, 0.05) is 6.20 Å². The van der Waals surface area contributed by atoms with E-state index in [1.165, 1.54) is 10.9 Å². The van der Waals surface area contributed by atoms with E-state index >= 15 is 0 Å². The molecular formula is C9H7N5. The van der Waals surface area contributed by atoms with Crippen molar-refractivity contribution in [2.45, 2.75) is 0 Å². The first kappa shape index (κ1) is 8.26. The maximum Gasteiger partial charge on any atom is 0.155 e. The normalized spacial score (nSPS) is 9.64. The van der Waals surface area contributed by atoms with Crippen molar-refractivity contribution in [1.82, 2.24) is 14.8 Å². The maximum atomic E-state index is 8.67. The molecule has 0 amide bonds. The number of hydrogen-bond donors (Lipinski definition) is 1. The van der Waals surface area contributed by atoms with Gasteiger partial charge in [-0.05, 0) is 12.1 Å². The van der Waals surface area contributed by atoms with Gasteiger partial charge in [0.25, 0.3) is 0 Å². The van der Waals surface area contributed by atoms with Gasteiger partial charge in [0.1, 0.15) is 17.5 Å². The third kappa shape index (κ3) is 1.19. The van der Waals surface area contributed by atoms with E-state index in [9.17, 15) is 0 Å². The standard InChI is InChI=1S/C9H7N5/c10-5-7-6-13-14(9(7)11)8-3-1-2-4-12-8/h1-4,6H,11H2. The molecule has 2 N–H and O–H groups in total. The number of anilines is 1. The van der Waals surface area contributed by atoms with E-state index in [1.807, 2.05) is 12.1 Å². The highest BCUT2D eigenvalue weighted by Gasteiger charge is 2.07. The van der Waals surface area contributed by atoms with Crippen molar-refractivity contribution < 1.29 is 0 Å². The van der Waals surface area contributed by atoms with Crippen molar-refractivity contribution in [1.29, 1.82) is 5.26 Å². The first-order chi connectivity index (χ1) is 6.83. The molecule has 2 aromatic heterocycles. The maximum absolute atomic E-state index is 8.67. The van der Waals surface area contributed by atoms with E-state index in [2.05, 4.69) is 10.1 Å². The number of aromatic nitrogens is 3. The molecule has 0 aromatic carbocycles. The first-order valence-electron chi connectivity index (χ1n) is 3.98. The Bertz CT molecular complexity index is 480. The van der Waals surface area contributed by atoms with Crippen LogP contribution in [0.3, 0.4) is 0 Å². The zero-order chi connectivity index (χ0) is 9.97. The quantitative estimate of drug-likeness (QED) is 0.709. The lowest BCUT2D eigenvalue weighted by atomic mass is 10.4. The van der Waals surface area contributed by atoms with Crippen LogP contribution in [0.1, 0.15) is 5.56 Å². The van der Waals surface area contributed by atoms with Crippen molar-refractivity contribution in [3.05, 3.63) is 36.2 Å². The van der Waals surface area contributed by atoms with E-state index in [-0.39, 0.29) is 0 Å². The monoisotopic (exact) mass is 185 g/mol. The Kier molecular flexibility index (Phi) is 1.88. The Morgan fingerprint density at radius 2 is 2.29 bits per heavy atom. The third-order valence-electron chi connectivity index (χ3n) is 1.79. The van der Waals surface area contributed by atoms with Gasteiger partial charge in [0.2, 0.25) is 0 Å². The molecule has 0 aliphatic carbocycles. The lowest BCUT2D eigenvalue weighted by Gasteiger charge is -2.00. The molecule has 0 saturated carbocycles. The van der Waals surface area contributed by atoms with E-state index in [1.54, 1.807) is 18.3 Å². The highest BCUT2D eigenvalue weighted by molar-refractivity contribution is 5.50. The third-order valence-corrected chi connectivity index (χ3v) is 1.79. The molecule has 0 aliphatic heterocycles. The summed E-state index contributed by atoms with van der Waals surface area (Å²) in [4.78, 5) is 4.07. The molecule has 0 fully saturated rings. The average Bonchev–Trinajstić information content (AvgIpc) is 2.61. The van der Waals surface area contributed by atoms with Crippen molar-refractivity contribution >= 4 is 5.82 Å². The van der Waals surface area contributed by atoms with Crippen molar-refractivity contribution in [2.75, 3.05) is 5.73 Å². The number of nitrogens with two attached hydrogens (primary N) is 1.